The maximum Gasteiger partial charge on any atom is 0.407 e. The molecule has 5 nitrogen and oxygen atoms in total. The molecule has 0 fully saturated rings. The van der Waals surface area contributed by atoms with E-state index in [0.29, 0.717) is 6.42 Å². The number of carbonyl (C=O) groups excluding carboxylic acids is 1. The molecule has 5 heteroatoms. The Balaban J connectivity index is -0.000000579. The van der Waals surface area contributed by atoms with Crippen molar-refractivity contribution in [1.29, 1.82) is 0 Å². The number of allylic oxidation sites excluding steroid dienone is 1. The summed E-state index contributed by atoms with van der Waals surface area (Å²) >= 11 is 0. The van der Waals surface area contributed by atoms with Crippen LogP contribution in [0.4, 0.5) is 4.79 Å². The third kappa shape index (κ3) is 19.4. The molecule has 1 atom stereocenters. The zero-order valence-electron chi connectivity index (χ0n) is 13.4. The Bertz CT molecular complexity index is 222. The molecule has 0 rings (SSSR count). The Morgan fingerprint density at radius 3 is 2.11 bits per heavy atom. The summed E-state index contributed by atoms with van der Waals surface area (Å²) in [5.41, 5.74) is -0.509. The summed E-state index contributed by atoms with van der Waals surface area (Å²) in [7, 11) is 1.00. The standard InChI is InChI=1S/C11H21NO3.C2H6.CH4O/c1-5-6-7-9(8-13)12-10(14)15-11(2,3)4;2*1-2/h5-6,9,13H,7-8H2,1-4H3,(H,12,14);1-2H3;2H,1H3/b6-5+;;. The van der Waals surface area contributed by atoms with Gasteiger partial charge in [0.15, 0.2) is 0 Å². The Hall–Kier alpha value is -1.07. The first-order valence-electron chi connectivity index (χ1n) is 6.55. The van der Waals surface area contributed by atoms with Gasteiger partial charge in [-0.1, -0.05) is 26.0 Å². The second-order valence-corrected chi connectivity index (χ2v) is 4.33. The van der Waals surface area contributed by atoms with Gasteiger partial charge in [-0.25, -0.2) is 4.79 Å². The molecular formula is C14H31NO4. The fourth-order valence-electron chi connectivity index (χ4n) is 0.954. The van der Waals surface area contributed by atoms with E-state index in [0.717, 1.165) is 7.11 Å². The Kier molecular flexibility index (Phi) is 18.2. The van der Waals surface area contributed by atoms with Gasteiger partial charge in [0.05, 0.1) is 12.6 Å². The SMILES string of the molecule is C/C=C/CC(CO)NC(=O)OC(C)(C)C.CC.CO. The fraction of sp³-hybridized carbons (Fsp3) is 0.786. The number of alkyl carbamates (subject to hydrolysis) is 1. The molecule has 1 amide bonds. The average Bonchev–Trinajstić information content (AvgIpc) is 2.37. The van der Waals surface area contributed by atoms with E-state index in [1.54, 1.807) is 20.8 Å². The minimum absolute atomic E-state index is 0.0937. The van der Waals surface area contributed by atoms with Gasteiger partial charge in [-0.05, 0) is 34.1 Å². The number of rotatable bonds is 4. The van der Waals surface area contributed by atoms with Crippen LogP contribution in [-0.4, -0.2) is 41.7 Å². The first-order valence-corrected chi connectivity index (χ1v) is 6.55. The van der Waals surface area contributed by atoms with Crippen LogP contribution in [0.5, 0.6) is 0 Å². The van der Waals surface area contributed by atoms with E-state index in [4.69, 9.17) is 14.9 Å². The Morgan fingerprint density at radius 2 is 1.79 bits per heavy atom. The van der Waals surface area contributed by atoms with E-state index < -0.39 is 11.7 Å². The van der Waals surface area contributed by atoms with Gasteiger partial charge in [-0.2, -0.15) is 0 Å². The minimum Gasteiger partial charge on any atom is -0.444 e. The van der Waals surface area contributed by atoms with Crippen molar-refractivity contribution in [3.8, 4) is 0 Å². The number of nitrogens with one attached hydrogen (secondary N) is 1. The third-order valence-electron chi connectivity index (χ3n) is 1.60. The van der Waals surface area contributed by atoms with Crippen molar-refractivity contribution >= 4 is 6.09 Å². The number of aliphatic hydroxyl groups excluding tert-OH is 2. The quantitative estimate of drug-likeness (QED) is 0.690. The Labute approximate surface area is 117 Å². The fourth-order valence-corrected chi connectivity index (χ4v) is 0.954. The lowest BCUT2D eigenvalue weighted by atomic mass is 10.2. The first kappa shape index (κ1) is 23.1. The molecule has 3 N–H and O–H groups in total. The van der Waals surface area contributed by atoms with Crippen LogP contribution in [-0.2, 0) is 4.74 Å². The van der Waals surface area contributed by atoms with Gasteiger partial charge in [-0.15, -0.1) is 0 Å². The molecule has 0 aromatic carbocycles. The molecule has 19 heavy (non-hydrogen) atoms. The second kappa shape index (κ2) is 15.0. The highest BCUT2D eigenvalue weighted by Crippen LogP contribution is 2.07. The summed E-state index contributed by atoms with van der Waals surface area (Å²) in [6.45, 7) is 11.2. The number of ether oxygens (including phenoxy) is 1. The summed E-state index contributed by atoms with van der Waals surface area (Å²) in [5.74, 6) is 0. The van der Waals surface area contributed by atoms with Crippen LogP contribution >= 0.6 is 0 Å². The van der Waals surface area contributed by atoms with Gasteiger partial charge in [0, 0.05) is 7.11 Å². The molecule has 0 spiro atoms. The summed E-state index contributed by atoms with van der Waals surface area (Å²) in [6, 6.07) is -0.281. The molecule has 116 valence electrons. The van der Waals surface area contributed by atoms with E-state index in [9.17, 15) is 4.79 Å². The highest BCUT2D eigenvalue weighted by Gasteiger charge is 2.18. The molecular weight excluding hydrogens is 246 g/mol. The maximum absolute atomic E-state index is 11.3. The smallest absolute Gasteiger partial charge is 0.407 e. The zero-order chi connectivity index (χ0) is 15.9. The molecule has 0 bridgehead atoms. The van der Waals surface area contributed by atoms with Crippen molar-refractivity contribution in [1.82, 2.24) is 5.32 Å². The molecule has 1 unspecified atom stereocenters. The number of amides is 1. The van der Waals surface area contributed by atoms with E-state index in [-0.39, 0.29) is 12.6 Å². The first-order chi connectivity index (χ1) is 8.89. The van der Waals surface area contributed by atoms with Crippen LogP contribution in [0.2, 0.25) is 0 Å². The molecule has 0 radical (unpaired) electrons. The molecule has 0 aliphatic heterocycles. The minimum atomic E-state index is -0.509. The van der Waals surface area contributed by atoms with Crippen LogP contribution in [0.25, 0.3) is 0 Å². The van der Waals surface area contributed by atoms with Crippen molar-refractivity contribution in [2.45, 2.75) is 59.6 Å². The summed E-state index contributed by atoms with van der Waals surface area (Å²) in [5, 5.41) is 18.6. The second-order valence-electron chi connectivity index (χ2n) is 4.33. The lowest BCUT2D eigenvalue weighted by Crippen LogP contribution is -2.40. The summed E-state index contributed by atoms with van der Waals surface area (Å²) in [4.78, 5) is 11.3. The van der Waals surface area contributed by atoms with Gasteiger partial charge in [-0.3, -0.25) is 0 Å². The number of carbonyl (C=O) groups is 1. The van der Waals surface area contributed by atoms with Crippen molar-refractivity contribution < 1.29 is 19.7 Å². The molecule has 0 heterocycles. The van der Waals surface area contributed by atoms with Crippen LogP contribution in [0.3, 0.4) is 0 Å². The zero-order valence-corrected chi connectivity index (χ0v) is 13.4. The van der Waals surface area contributed by atoms with Crippen molar-refractivity contribution in [3.05, 3.63) is 12.2 Å². The van der Waals surface area contributed by atoms with Crippen LogP contribution in [0.15, 0.2) is 12.2 Å². The largest absolute Gasteiger partial charge is 0.444 e. The average molecular weight is 277 g/mol. The lowest BCUT2D eigenvalue weighted by molar-refractivity contribution is 0.0483. The van der Waals surface area contributed by atoms with Crippen molar-refractivity contribution in [2.24, 2.45) is 0 Å². The van der Waals surface area contributed by atoms with Crippen LogP contribution in [0, 0.1) is 0 Å². The van der Waals surface area contributed by atoms with Gasteiger partial charge in [0.2, 0.25) is 0 Å². The van der Waals surface area contributed by atoms with Gasteiger partial charge >= 0.3 is 6.09 Å². The topological polar surface area (TPSA) is 78.8 Å². The van der Waals surface area contributed by atoms with Gasteiger partial charge in [0.25, 0.3) is 0 Å². The van der Waals surface area contributed by atoms with Crippen LogP contribution in [0.1, 0.15) is 48.0 Å². The lowest BCUT2D eigenvalue weighted by Gasteiger charge is -2.22. The molecule has 0 aliphatic carbocycles. The molecule has 0 aromatic heterocycles. The molecule has 0 saturated carbocycles. The normalized spacial score (nSPS) is 11.6. The Morgan fingerprint density at radius 1 is 1.32 bits per heavy atom. The van der Waals surface area contributed by atoms with E-state index in [2.05, 4.69) is 5.32 Å². The molecule has 0 saturated heterocycles. The molecule has 0 aliphatic rings. The number of aliphatic hydroxyl groups is 2. The summed E-state index contributed by atoms with van der Waals surface area (Å²) in [6.07, 6.45) is 3.87. The van der Waals surface area contributed by atoms with Crippen LogP contribution < -0.4 is 5.32 Å². The summed E-state index contributed by atoms with van der Waals surface area (Å²) < 4.78 is 5.06. The van der Waals surface area contributed by atoms with Crippen molar-refractivity contribution in [3.63, 3.8) is 0 Å². The number of hydrogen-bond donors (Lipinski definition) is 3. The highest BCUT2D eigenvalue weighted by molar-refractivity contribution is 5.68. The van der Waals surface area contributed by atoms with Gasteiger partial charge < -0.3 is 20.3 Å². The predicted octanol–water partition coefficient (Wildman–Crippen LogP) is 2.47. The van der Waals surface area contributed by atoms with E-state index in [1.807, 2.05) is 32.9 Å². The molecule has 0 aromatic rings. The van der Waals surface area contributed by atoms with E-state index in [1.165, 1.54) is 0 Å². The van der Waals surface area contributed by atoms with E-state index >= 15 is 0 Å². The monoisotopic (exact) mass is 277 g/mol. The van der Waals surface area contributed by atoms with Gasteiger partial charge in [0.1, 0.15) is 5.60 Å². The number of hydrogen-bond acceptors (Lipinski definition) is 4. The maximum atomic E-state index is 11.3. The van der Waals surface area contributed by atoms with Crippen molar-refractivity contribution in [2.75, 3.05) is 13.7 Å². The predicted molar refractivity (Wildman–Crippen MR) is 79.2 cm³/mol. The highest BCUT2D eigenvalue weighted by atomic mass is 16.6. The third-order valence-corrected chi connectivity index (χ3v) is 1.60.